The van der Waals surface area contributed by atoms with Crippen LogP contribution in [-0.4, -0.2) is 67.6 Å². The molecule has 2 aliphatic heterocycles. The van der Waals surface area contributed by atoms with Crippen molar-refractivity contribution in [1.29, 1.82) is 0 Å². The van der Waals surface area contributed by atoms with Crippen molar-refractivity contribution in [2.24, 2.45) is 0 Å². The quantitative estimate of drug-likeness (QED) is 0.397. The van der Waals surface area contributed by atoms with Gasteiger partial charge in [-0.3, -0.25) is 20.2 Å². The van der Waals surface area contributed by atoms with Crippen LogP contribution in [0.5, 0.6) is 0 Å². The van der Waals surface area contributed by atoms with Crippen molar-refractivity contribution in [3.8, 4) is 0 Å². The first-order valence-electron chi connectivity index (χ1n) is 13.0. The number of rotatable bonds is 8. The maximum Gasteiger partial charge on any atom is 0.248 e. The highest BCUT2D eigenvalue weighted by Crippen LogP contribution is 2.36. The number of anilines is 3. The Morgan fingerprint density at radius 3 is 2.71 bits per heavy atom. The van der Waals surface area contributed by atoms with Crippen LogP contribution in [0.25, 0.3) is 6.08 Å². The molecule has 196 valence electrons. The lowest BCUT2D eigenvalue weighted by Gasteiger charge is -2.36. The molecule has 0 radical (unpaired) electrons. The number of aromatic nitrogens is 1. The topological polar surface area (TPSA) is 75.8 Å². The van der Waals surface area contributed by atoms with Crippen molar-refractivity contribution in [2.45, 2.75) is 6.04 Å². The van der Waals surface area contributed by atoms with E-state index in [9.17, 15) is 4.79 Å². The van der Waals surface area contributed by atoms with E-state index in [1.54, 1.807) is 6.08 Å². The van der Waals surface area contributed by atoms with Gasteiger partial charge in [-0.1, -0.05) is 18.2 Å². The van der Waals surface area contributed by atoms with Crippen LogP contribution in [0.2, 0.25) is 0 Å². The number of carbonyl (C=O) groups excluding carboxylic acids is 1. The molecule has 2 aromatic carbocycles. The molecule has 0 aliphatic carbocycles. The largest absolute Gasteiger partial charge is 0.369 e. The third kappa shape index (κ3) is 6.22. The molecule has 2 aliphatic rings. The summed E-state index contributed by atoms with van der Waals surface area (Å²) in [5.74, 6) is -0.142. The number of piperazine rings is 1. The predicted octanol–water partition coefficient (Wildman–Crippen LogP) is 3.95. The second-order valence-electron chi connectivity index (χ2n) is 9.81. The number of nitrogens with zero attached hydrogens (tertiary/aromatic N) is 4. The normalized spacial score (nSPS) is 17.1. The lowest BCUT2D eigenvalue weighted by atomic mass is 9.93. The Kier molecular flexibility index (Phi) is 8.01. The molecule has 5 rings (SSSR count). The molecule has 0 spiro atoms. The average molecular weight is 510 g/mol. The fourth-order valence-electron chi connectivity index (χ4n) is 4.80. The fourth-order valence-corrected chi connectivity index (χ4v) is 4.80. The van der Waals surface area contributed by atoms with E-state index >= 15 is 0 Å². The molecular weight excluding hydrogens is 474 g/mol. The van der Waals surface area contributed by atoms with E-state index in [-0.39, 0.29) is 11.9 Å². The van der Waals surface area contributed by atoms with Crippen LogP contribution in [-0.2, 0) is 4.79 Å². The van der Waals surface area contributed by atoms with E-state index in [4.69, 9.17) is 0 Å². The zero-order chi connectivity index (χ0) is 26.3. The number of hydrogen-bond donors (Lipinski definition) is 3. The van der Waals surface area contributed by atoms with Crippen LogP contribution in [0, 0.1) is 0 Å². The van der Waals surface area contributed by atoms with Gasteiger partial charge in [0.2, 0.25) is 5.91 Å². The molecule has 38 heavy (non-hydrogen) atoms. The molecule has 0 bridgehead atoms. The molecule has 0 saturated carbocycles. The highest BCUT2D eigenvalue weighted by atomic mass is 16.1. The number of carbonyl (C=O) groups is 1. The molecule has 3 N–H and O–H groups in total. The molecule has 3 aromatic rings. The number of pyridine rings is 1. The summed E-state index contributed by atoms with van der Waals surface area (Å²) in [4.78, 5) is 21.2. The lowest BCUT2D eigenvalue weighted by Crippen LogP contribution is -2.43. The Morgan fingerprint density at radius 2 is 1.92 bits per heavy atom. The van der Waals surface area contributed by atoms with Crippen molar-refractivity contribution < 1.29 is 4.79 Å². The van der Waals surface area contributed by atoms with Gasteiger partial charge < -0.3 is 20.4 Å². The first-order chi connectivity index (χ1) is 18.6. The highest BCUT2D eigenvalue weighted by Gasteiger charge is 2.26. The molecule has 1 aromatic heterocycles. The van der Waals surface area contributed by atoms with Crippen LogP contribution in [0.4, 0.5) is 17.1 Å². The average Bonchev–Trinajstić information content (AvgIpc) is 2.94. The van der Waals surface area contributed by atoms with Crippen LogP contribution in [0.15, 0.2) is 85.3 Å². The molecular formula is C30H35N7O. The Bertz CT molecular complexity index is 1300. The van der Waals surface area contributed by atoms with Gasteiger partial charge in [-0.05, 0) is 79.3 Å². The molecule has 1 saturated heterocycles. The Labute approximate surface area is 224 Å². The van der Waals surface area contributed by atoms with E-state index < -0.39 is 0 Å². The van der Waals surface area contributed by atoms with Crippen LogP contribution in [0.1, 0.15) is 22.7 Å². The first-order valence-corrected chi connectivity index (χ1v) is 13.0. The Hall–Kier alpha value is -4.14. The van der Waals surface area contributed by atoms with Gasteiger partial charge in [0.15, 0.2) is 0 Å². The molecule has 1 unspecified atom stereocenters. The molecule has 8 nitrogen and oxygen atoms in total. The molecule has 1 amide bonds. The minimum absolute atomic E-state index is 0.105. The van der Waals surface area contributed by atoms with Crippen molar-refractivity contribution >= 4 is 29.0 Å². The minimum atomic E-state index is -0.142. The number of amides is 1. The zero-order valence-electron chi connectivity index (χ0n) is 22.0. The van der Waals surface area contributed by atoms with Gasteiger partial charge in [0.25, 0.3) is 0 Å². The van der Waals surface area contributed by atoms with Crippen LogP contribution in [0.3, 0.4) is 0 Å². The van der Waals surface area contributed by atoms with E-state index in [0.29, 0.717) is 6.54 Å². The maximum absolute atomic E-state index is 12.5. The van der Waals surface area contributed by atoms with Crippen LogP contribution < -0.4 is 21.0 Å². The Morgan fingerprint density at radius 1 is 1.11 bits per heavy atom. The van der Waals surface area contributed by atoms with Crippen molar-refractivity contribution in [1.82, 2.24) is 20.2 Å². The van der Waals surface area contributed by atoms with Crippen LogP contribution >= 0.6 is 0 Å². The first kappa shape index (κ1) is 25.5. The number of fused-ring (bicyclic) bond motifs is 1. The monoisotopic (exact) mass is 509 g/mol. The smallest absolute Gasteiger partial charge is 0.248 e. The van der Waals surface area contributed by atoms with Crippen molar-refractivity contribution in [3.05, 3.63) is 102 Å². The lowest BCUT2D eigenvalue weighted by molar-refractivity contribution is -0.111. The molecule has 3 heterocycles. The SMILES string of the molecule is CN(C)C/C=C/C(=O)Nc1cccc(C2c3ccncc3C=CN2Nc2ccc(N3CCNCC3)cc2)c1. The van der Waals surface area contributed by atoms with Gasteiger partial charge in [-0.25, -0.2) is 0 Å². The second kappa shape index (κ2) is 11.9. The summed E-state index contributed by atoms with van der Waals surface area (Å²) in [6.07, 6.45) is 11.3. The summed E-state index contributed by atoms with van der Waals surface area (Å²) < 4.78 is 0. The summed E-state index contributed by atoms with van der Waals surface area (Å²) in [6.45, 7) is 4.78. The molecule has 8 heteroatoms. The van der Waals surface area contributed by atoms with Crippen molar-refractivity contribution in [3.63, 3.8) is 0 Å². The Balaban J connectivity index is 1.37. The van der Waals surface area contributed by atoms with Gasteiger partial charge in [-0.15, -0.1) is 0 Å². The number of nitrogens with one attached hydrogen (secondary N) is 3. The zero-order valence-corrected chi connectivity index (χ0v) is 22.0. The highest BCUT2D eigenvalue weighted by molar-refractivity contribution is 5.99. The third-order valence-electron chi connectivity index (χ3n) is 6.69. The summed E-state index contributed by atoms with van der Waals surface area (Å²) in [6, 6.07) is 18.6. The van der Waals surface area contributed by atoms with Gasteiger partial charge >= 0.3 is 0 Å². The van der Waals surface area contributed by atoms with Gasteiger partial charge in [0, 0.05) is 68.8 Å². The summed E-state index contributed by atoms with van der Waals surface area (Å²) in [5, 5.41) is 8.51. The number of likely N-dealkylation sites (N-methyl/N-ethyl adjacent to an activating group) is 1. The van der Waals surface area contributed by atoms with Gasteiger partial charge in [-0.2, -0.15) is 0 Å². The van der Waals surface area contributed by atoms with E-state index in [2.05, 4.69) is 73.4 Å². The van der Waals surface area contributed by atoms with Crippen molar-refractivity contribution in [2.75, 3.05) is 62.5 Å². The summed E-state index contributed by atoms with van der Waals surface area (Å²) in [7, 11) is 3.94. The second-order valence-corrected chi connectivity index (χ2v) is 9.81. The summed E-state index contributed by atoms with van der Waals surface area (Å²) in [5.41, 5.74) is 9.86. The summed E-state index contributed by atoms with van der Waals surface area (Å²) >= 11 is 0. The van der Waals surface area contributed by atoms with E-state index in [1.165, 1.54) is 5.69 Å². The number of hydrogen-bond acceptors (Lipinski definition) is 7. The van der Waals surface area contributed by atoms with E-state index in [0.717, 1.165) is 54.2 Å². The molecule has 1 fully saturated rings. The van der Waals surface area contributed by atoms with Gasteiger partial charge in [0.1, 0.15) is 6.04 Å². The van der Waals surface area contributed by atoms with Gasteiger partial charge in [0.05, 0.1) is 5.69 Å². The fraction of sp³-hybridized carbons (Fsp3) is 0.267. The minimum Gasteiger partial charge on any atom is -0.369 e. The third-order valence-corrected chi connectivity index (χ3v) is 6.69. The predicted molar refractivity (Wildman–Crippen MR) is 155 cm³/mol. The standard InChI is InChI=1S/C30H35N7O/c1-35(2)17-4-7-29(38)33-26-6-3-5-23(21-26)30-28-12-14-32-22-24(28)13-18-37(30)34-25-8-10-27(11-9-25)36-19-15-31-16-20-36/h3-14,18,21-22,30-31,34H,15-17,19-20H2,1-2H3,(H,33,38)/b7-4+. The molecule has 1 atom stereocenters. The maximum atomic E-state index is 12.5. The number of benzene rings is 2. The van der Waals surface area contributed by atoms with E-state index in [1.807, 2.05) is 61.9 Å². The number of hydrazine groups is 1.